The fraction of sp³-hybridized carbons (Fsp3) is 0.941. The summed E-state index contributed by atoms with van der Waals surface area (Å²) in [5.74, 6) is -0.216. The Morgan fingerprint density at radius 2 is 0.569 bits per heavy atom. The number of unbranched alkanes of at least 4 members (excludes halogenated alkanes) is 49. The molecule has 0 aromatic heterocycles. The van der Waals surface area contributed by atoms with Gasteiger partial charge >= 0.3 is 5.97 Å². The number of carbonyl (C=O) groups is 2. The summed E-state index contributed by atoms with van der Waals surface area (Å²) in [6.45, 7) is 11.3. The first-order valence-electron chi connectivity index (χ1n) is 33.7. The van der Waals surface area contributed by atoms with Crippen molar-refractivity contribution in [2.75, 3.05) is 19.7 Å². The van der Waals surface area contributed by atoms with Crippen LogP contribution in [0.1, 0.15) is 387 Å². The molecule has 0 rings (SSSR count). The molecule has 0 aliphatic rings. The minimum Gasteiger partial charge on any atom is -0.465 e. The van der Waals surface area contributed by atoms with Gasteiger partial charge in [0.25, 0.3) is 0 Å². The van der Waals surface area contributed by atoms with Gasteiger partial charge in [-0.1, -0.05) is 342 Å². The second-order valence-corrected chi connectivity index (χ2v) is 23.3. The van der Waals surface area contributed by atoms with E-state index < -0.39 is 0 Å². The molecule has 1 amide bonds. The van der Waals surface area contributed by atoms with Crippen LogP contribution in [0.25, 0.3) is 0 Å². The van der Waals surface area contributed by atoms with Crippen LogP contribution in [0.5, 0.6) is 0 Å². The molecule has 428 valence electrons. The number of amides is 1. The molecule has 0 aliphatic carbocycles. The van der Waals surface area contributed by atoms with Crippen molar-refractivity contribution >= 4 is 11.9 Å². The van der Waals surface area contributed by atoms with E-state index in [0.29, 0.717) is 13.0 Å². The molecule has 0 spiro atoms. The Bertz CT molecular complexity index is 1060. The lowest BCUT2D eigenvalue weighted by atomic mass is 9.96. The number of esters is 1. The Kier molecular flexibility index (Phi) is 61.1. The third-order valence-electron chi connectivity index (χ3n) is 16.0. The van der Waals surface area contributed by atoms with Crippen molar-refractivity contribution in [1.29, 1.82) is 0 Å². The zero-order valence-electron chi connectivity index (χ0n) is 50.1. The first kappa shape index (κ1) is 70.7. The van der Waals surface area contributed by atoms with Crippen molar-refractivity contribution in [1.82, 2.24) is 4.90 Å². The number of hydrogen-bond acceptors (Lipinski definition) is 3. The van der Waals surface area contributed by atoms with Crippen molar-refractivity contribution in [3.05, 3.63) is 12.2 Å². The van der Waals surface area contributed by atoms with Crippen molar-refractivity contribution < 1.29 is 14.3 Å². The van der Waals surface area contributed by atoms with E-state index in [1.54, 1.807) is 0 Å². The van der Waals surface area contributed by atoms with Gasteiger partial charge in [-0.05, 0) is 51.4 Å². The van der Waals surface area contributed by atoms with Gasteiger partial charge in [0.05, 0.1) is 12.5 Å². The van der Waals surface area contributed by atoms with E-state index in [0.717, 1.165) is 58.0 Å². The van der Waals surface area contributed by atoms with Gasteiger partial charge in [0, 0.05) is 19.5 Å². The molecule has 0 N–H and O–H groups in total. The number of hydrogen-bond donors (Lipinski definition) is 0. The molecule has 0 saturated carbocycles. The molecule has 4 heteroatoms. The molecule has 0 fully saturated rings. The van der Waals surface area contributed by atoms with Crippen LogP contribution in [0.15, 0.2) is 12.2 Å². The van der Waals surface area contributed by atoms with Crippen LogP contribution in [-0.2, 0) is 14.3 Å². The third kappa shape index (κ3) is 54.9. The van der Waals surface area contributed by atoms with Crippen molar-refractivity contribution in [2.24, 2.45) is 5.92 Å². The highest BCUT2D eigenvalue weighted by atomic mass is 16.5. The van der Waals surface area contributed by atoms with E-state index in [1.165, 1.54) is 308 Å². The Balaban J connectivity index is 4.00. The molecule has 0 aromatic rings. The van der Waals surface area contributed by atoms with Gasteiger partial charge in [0.1, 0.15) is 0 Å². The van der Waals surface area contributed by atoms with Crippen LogP contribution in [0.3, 0.4) is 0 Å². The van der Waals surface area contributed by atoms with Crippen molar-refractivity contribution in [3.8, 4) is 0 Å². The van der Waals surface area contributed by atoms with E-state index in [2.05, 4.69) is 44.7 Å². The molecule has 72 heavy (non-hydrogen) atoms. The molecular weight excluding hydrogens is 879 g/mol. The summed E-state index contributed by atoms with van der Waals surface area (Å²) in [5, 5.41) is 0. The Hall–Kier alpha value is -1.32. The average Bonchev–Trinajstić information content (AvgIpc) is 3.38. The molecule has 0 heterocycles. The standard InChI is InChI=1S/C68H133NO3/c1-5-9-13-17-21-22-23-24-25-26-27-28-29-30-31-32-33-34-35-36-37-38-39-40-41-42-43-44-45-46-47-48-49-50-51-52-53-57-61-66(68(71)72-64-60-56-20-16-12-8-4)65-67(70)69(62-58-54-18-14-10-6-2)63-59-55-19-15-11-7-3/h24-25,66H,5-23,26-65H2,1-4H3/b25-24+. The quantitative estimate of drug-likeness (QED) is 0.0346. The molecule has 0 saturated heterocycles. The maximum Gasteiger partial charge on any atom is 0.309 e. The maximum absolute atomic E-state index is 13.9. The minimum atomic E-state index is -0.291. The van der Waals surface area contributed by atoms with E-state index >= 15 is 0 Å². The first-order chi connectivity index (χ1) is 35.6. The molecule has 0 aromatic carbocycles. The van der Waals surface area contributed by atoms with Crippen LogP contribution in [-0.4, -0.2) is 36.5 Å². The maximum atomic E-state index is 13.9. The minimum absolute atomic E-state index is 0.114. The fourth-order valence-corrected chi connectivity index (χ4v) is 10.9. The van der Waals surface area contributed by atoms with Gasteiger partial charge in [0.15, 0.2) is 0 Å². The van der Waals surface area contributed by atoms with Crippen LogP contribution < -0.4 is 0 Å². The van der Waals surface area contributed by atoms with Gasteiger partial charge < -0.3 is 9.64 Å². The third-order valence-corrected chi connectivity index (χ3v) is 16.0. The zero-order valence-corrected chi connectivity index (χ0v) is 50.1. The van der Waals surface area contributed by atoms with Crippen LogP contribution in [0.4, 0.5) is 0 Å². The lowest BCUT2D eigenvalue weighted by molar-refractivity contribution is -0.152. The lowest BCUT2D eigenvalue weighted by Gasteiger charge is -2.25. The topological polar surface area (TPSA) is 46.6 Å². The predicted molar refractivity (Wildman–Crippen MR) is 321 cm³/mol. The molecular formula is C68H133NO3. The number of nitrogens with zero attached hydrogens (tertiary/aromatic N) is 1. The predicted octanol–water partition coefficient (Wildman–Crippen LogP) is 23.5. The van der Waals surface area contributed by atoms with Crippen molar-refractivity contribution in [3.63, 3.8) is 0 Å². The summed E-state index contributed by atoms with van der Waals surface area (Å²) < 4.78 is 5.88. The van der Waals surface area contributed by atoms with Crippen LogP contribution in [0.2, 0.25) is 0 Å². The zero-order chi connectivity index (χ0) is 52.2. The van der Waals surface area contributed by atoms with Crippen molar-refractivity contribution in [2.45, 2.75) is 387 Å². The Morgan fingerprint density at radius 3 is 0.875 bits per heavy atom. The average molecular weight is 1010 g/mol. The normalized spacial score (nSPS) is 12.1. The van der Waals surface area contributed by atoms with E-state index in [-0.39, 0.29) is 17.8 Å². The highest BCUT2D eigenvalue weighted by Crippen LogP contribution is 2.22. The molecule has 0 bridgehead atoms. The van der Waals surface area contributed by atoms with Gasteiger partial charge in [-0.3, -0.25) is 9.59 Å². The largest absolute Gasteiger partial charge is 0.465 e. The van der Waals surface area contributed by atoms with Crippen LogP contribution in [0, 0.1) is 5.92 Å². The highest BCUT2D eigenvalue weighted by molar-refractivity contribution is 5.83. The number of ether oxygens (including phenoxy) is 1. The fourth-order valence-electron chi connectivity index (χ4n) is 10.9. The Labute approximate surface area is 454 Å². The molecule has 1 unspecified atom stereocenters. The van der Waals surface area contributed by atoms with E-state index in [9.17, 15) is 9.59 Å². The smallest absolute Gasteiger partial charge is 0.309 e. The van der Waals surface area contributed by atoms with Gasteiger partial charge in [0.2, 0.25) is 5.91 Å². The molecule has 0 aliphatic heterocycles. The van der Waals surface area contributed by atoms with Crippen LogP contribution >= 0.6 is 0 Å². The SMILES string of the molecule is CCCCCCCC/C=C/CCCCCCCCCCCCCCCCCCCCCCCCCCCCCCC(CC(=O)N(CCCCCCCC)CCCCCCCC)C(=O)OCCCCCCCC. The van der Waals surface area contributed by atoms with E-state index in [1.807, 2.05) is 0 Å². The summed E-state index contributed by atoms with van der Waals surface area (Å²) >= 11 is 0. The second kappa shape index (κ2) is 62.2. The van der Waals surface area contributed by atoms with E-state index in [4.69, 9.17) is 4.74 Å². The van der Waals surface area contributed by atoms with Gasteiger partial charge in [-0.2, -0.15) is 0 Å². The summed E-state index contributed by atoms with van der Waals surface area (Å²) in [7, 11) is 0. The number of rotatable bonds is 62. The number of allylic oxidation sites excluding steroid dienone is 2. The summed E-state index contributed by atoms with van der Waals surface area (Å²) in [4.78, 5) is 29.5. The van der Waals surface area contributed by atoms with Gasteiger partial charge in [-0.15, -0.1) is 0 Å². The first-order valence-corrected chi connectivity index (χ1v) is 33.7. The second-order valence-electron chi connectivity index (χ2n) is 23.3. The van der Waals surface area contributed by atoms with Gasteiger partial charge in [-0.25, -0.2) is 0 Å². The summed E-state index contributed by atoms with van der Waals surface area (Å²) in [6, 6.07) is 0. The highest BCUT2D eigenvalue weighted by Gasteiger charge is 2.26. The molecule has 1 atom stereocenters. The molecule has 4 nitrogen and oxygen atoms in total. The Morgan fingerprint density at radius 1 is 0.319 bits per heavy atom. The number of carbonyl (C=O) groups excluding carboxylic acids is 2. The monoisotopic (exact) mass is 1010 g/mol. The lowest BCUT2D eigenvalue weighted by Crippen LogP contribution is -2.35. The summed E-state index contributed by atoms with van der Waals surface area (Å²) in [6.07, 6.45) is 78.2. The molecule has 0 radical (unpaired) electrons. The summed E-state index contributed by atoms with van der Waals surface area (Å²) in [5.41, 5.74) is 0.